The third-order valence-corrected chi connectivity index (χ3v) is 2.86. The summed E-state index contributed by atoms with van der Waals surface area (Å²) in [5.74, 6) is 0. The predicted octanol–water partition coefficient (Wildman–Crippen LogP) is 1.30. The van der Waals surface area contributed by atoms with E-state index in [-0.39, 0.29) is 5.60 Å². The van der Waals surface area contributed by atoms with Crippen molar-refractivity contribution >= 4 is 0 Å². The molecule has 0 aliphatic rings. The highest BCUT2D eigenvalue weighted by Crippen LogP contribution is 2.12. The van der Waals surface area contributed by atoms with Gasteiger partial charge in [-0.1, -0.05) is 13.8 Å². The summed E-state index contributed by atoms with van der Waals surface area (Å²) in [6.45, 7) is 11.1. The molecule has 0 aliphatic carbocycles. The standard InChI is InChI=1S/C13H29NO3/c1-6-13(16,7-2)10-14-8-11(15)9-17-12(3,4)5/h11,14-16H,6-10H2,1-5H3. The normalized spacial score (nSPS) is 15.0. The molecule has 0 aromatic rings. The lowest BCUT2D eigenvalue weighted by molar-refractivity contribution is -0.0496. The van der Waals surface area contributed by atoms with E-state index in [0.29, 0.717) is 32.5 Å². The lowest BCUT2D eigenvalue weighted by Crippen LogP contribution is -2.43. The zero-order valence-electron chi connectivity index (χ0n) is 11.9. The molecule has 4 nitrogen and oxygen atoms in total. The lowest BCUT2D eigenvalue weighted by Gasteiger charge is -2.27. The molecule has 0 fully saturated rings. The van der Waals surface area contributed by atoms with Crippen LogP contribution < -0.4 is 5.32 Å². The largest absolute Gasteiger partial charge is 0.389 e. The van der Waals surface area contributed by atoms with E-state index >= 15 is 0 Å². The number of aliphatic hydroxyl groups is 2. The van der Waals surface area contributed by atoms with E-state index in [1.54, 1.807) is 0 Å². The van der Waals surface area contributed by atoms with Crippen LogP contribution in [-0.4, -0.2) is 47.2 Å². The van der Waals surface area contributed by atoms with Gasteiger partial charge in [-0.2, -0.15) is 0 Å². The van der Waals surface area contributed by atoms with E-state index in [2.05, 4.69) is 5.32 Å². The molecule has 0 radical (unpaired) electrons. The molecule has 0 aromatic heterocycles. The fourth-order valence-electron chi connectivity index (χ4n) is 1.38. The summed E-state index contributed by atoms with van der Waals surface area (Å²) in [6.07, 6.45) is 0.892. The van der Waals surface area contributed by atoms with Crippen molar-refractivity contribution in [3.63, 3.8) is 0 Å². The number of rotatable bonds is 8. The van der Waals surface area contributed by atoms with Gasteiger partial charge in [-0.15, -0.1) is 0 Å². The van der Waals surface area contributed by atoms with Crippen molar-refractivity contribution in [2.75, 3.05) is 19.7 Å². The summed E-state index contributed by atoms with van der Waals surface area (Å²) in [7, 11) is 0. The van der Waals surface area contributed by atoms with Gasteiger partial charge in [-0.25, -0.2) is 0 Å². The van der Waals surface area contributed by atoms with Crippen LogP contribution in [0.25, 0.3) is 0 Å². The second-order valence-corrected chi connectivity index (χ2v) is 5.64. The molecule has 0 saturated carbocycles. The summed E-state index contributed by atoms with van der Waals surface area (Å²) in [5.41, 5.74) is -0.890. The summed E-state index contributed by atoms with van der Waals surface area (Å²) in [6, 6.07) is 0. The van der Waals surface area contributed by atoms with Gasteiger partial charge in [-0.3, -0.25) is 0 Å². The van der Waals surface area contributed by atoms with Crippen LogP contribution in [0.1, 0.15) is 47.5 Å². The lowest BCUT2D eigenvalue weighted by atomic mass is 9.97. The number of ether oxygens (including phenoxy) is 1. The number of hydrogen-bond donors (Lipinski definition) is 3. The molecule has 0 bridgehead atoms. The quantitative estimate of drug-likeness (QED) is 0.605. The van der Waals surface area contributed by atoms with Crippen molar-refractivity contribution in [3.05, 3.63) is 0 Å². The van der Waals surface area contributed by atoms with Crippen LogP contribution in [0.2, 0.25) is 0 Å². The molecule has 0 rings (SSSR count). The maximum absolute atomic E-state index is 10.0. The molecule has 0 saturated heterocycles. The maximum atomic E-state index is 10.0. The first-order valence-corrected chi connectivity index (χ1v) is 6.47. The zero-order valence-corrected chi connectivity index (χ0v) is 11.9. The summed E-state index contributed by atoms with van der Waals surface area (Å²) >= 11 is 0. The Hall–Kier alpha value is -0.160. The minimum absolute atomic E-state index is 0.228. The van der Waals surface area contributed by atoms with E-state index in [9.17, 15) is 10.2 Å². The molecular formula is C13H29NO3. The molecular weight excluding hydrogens is 218 g/mol. The SMILES string of the molecule is CCC(O)(CC)CNCC(O)COC(C)(C)C. The van der Waals surface area contributed by atoms with Crippen molar-refractivity contribution in [2.24, 2.45) is 0 Å². The average molecular weight is 247 g/mol. The Balaban J connectivity index is 3.74. The van der Waals surface area contributed by atoms with Gasteiger partial charge in [0.25, 0.3) is 0 Å². The molecule has 0 aromatic carbocycles. The minimum Gasteiger partial charge on any atom is -0.389 e. The molecule has 1 unspecified atom stereocenters. The van der Waals surface area contributed by atoms with Crippen LogP contribution in [0.3, 0.4) is 0 Å². The van der Waals surface area contributed by atoms with Gasteiger partial charge in [0.2, 0.25) is 0 Å². The van der Waals surface area contributed by atoms with Crippen molar-refractivity contribution in [1.82, 2.24) is 5.32 Å². The monoisotopic (exact) mass is 247 g/mol. The third-order valence-electron chi connectivity index (χ3n) is 2.86. The molecule has 0 heterocycles. The number of aliphatic hydroxyl groups excluding tert-OH is 1. The molecule has 3 N–H and O–H groups in total. The maximum Gasteiger partial charge on any atom is 0.0897 e. The smallest absolute Gasteiger partial charge is 0.0897 e. The predicted molar refractivity (Wildman–Crippen MR) is 70.1 cm³/mol. The van der Waals surface area contributed by atoms with E-state index in [0.717, 1.165) is 0 Å². The van der Waals surface area contributed by atoms with Gasteiger partial charge in [-0.05, 0) is 33.6 Å². The number of hydrogen-bond acceptors (Lipinski definition) is 4. The molecule has 104 valence electrons. The van der Waals surface area contributed by atoms with Gasteiger partial charge in [0, 0.05) is 13.1 Å². The fraction of sp³-hybridized carbons (Fsp3) is 1.00. The van der Waals surface area contributed by atoms with Crippen LogP contribution in [0.4, 0.5) is 0 Å². The highest BCUT2D eigenvalue weighted by atomic mass is 16.5. The van der Waals surface area contributed by atoms with Crippen molar-refractivity contribution < 1.29 is 14.9 Å². The van der Waals surface area contributed by atoms with Gasteiger partial charge in [0.15, 0.2) is 0 Å². The first kappa shape index (κ1) is 16.8. The van der Waals surface area contributed by atoms with Crippen LogP contribution in [0, 0.1) is 0 Å². The Kier molecular flexibility index (Phi) is 7.24. The van der Waals surface area contributed by atoms with Crippen molar-refractivity contribution in [2.45, 2.75) is 64.8 Å². The highest BCUT2D eigenvalue weighted by molar-refractivity contribution is 4.78. The van der Waals surface area contributed by atoms with Crippen LogP contribution in [-0.2, 0) is 4.74 Å². The third kappa shape index (κ3) is 8.55. The van der Waals surface area contributed by atoms with Crippen molar-refractivity contribution in [1.29, 1.82) is 0 Å². The molecule has 4 heteroatoms. The van der Waals surface area contributed by atoms with Crippen LogP contribution in [0.15, 0.2) is 0 Å². The van der Waals surface area contributed by atoms with E-state index in [1.807, 2.05) is 34.6 Å². The average Bonchev–Trinajstić information content (AvgIpc) is 2.25. The molecule has 0 amide bonds. The van der Waals surface area contributed by atoms with Crippen LogP contribution in [0.5, 0.6) is 0 Å². The van der Waals surface area contributed by atoms with Gasteiger partial charge in [0.1, 0.15) is 0 Å². The first-order chi connectivity index (χ1) is 7.72. The molecule has 17 heavy (non-hydrogen) atoms. The molecule has 0 aliphatic heterocycles. The Morgan fingerprint density at radius 1 is 1.18 bits per heavy atom. The van der Waals surface area contributed by atoms with E-state index in [1.165, 1.54) is 0 Å². The Morgan fingerprint density at radius 2 is 1.71 bits per heavy atom. The fourth-order valence-corrected chi connectivity index (χ4v) is 1.38. The second kappa shape index (κ2) is 7.31. The second-order valence-electron chi connectivity index (χ2n) is 5.64. The molecule has 1 atom stereocenters. The van der Waals surface area contributed by atoms with Crippen LogP contribution >= 0.6 is 0 Å². The minimum atomic E-state index is -0.662. The topological polar surface area (TPSA) is 61.7 Å². The Bertz CT molecular complexity index is 197. The van der Waals surface area contributed by atoms with Crippen molar-refractivity contribution in [3.8, 4) is 0 Å². The van der Waals surface area contributed by atoms with Gasteiger partial charge >= 0.3 is 0 Å². The summed E-state index contributed by atoms with van der Waals surface area (Å²) in [5, 5.41) is 22.8. The Morgan fingerprint density at radius 3 is 2.12 bits per heavy atom. The Labute approximate surface area is 105 Å². The van der Waals surface area contributed by atoms with E-state index < -0.39 is 11.7 Å². The zero-order chi connectivity index (χ0) is 13.5. The van der Waals surface area contributed by atoms with Gasteiger partial charge < -0.3 is 20.3 Å². The van der Waals surface area contributed by atoms with E-state index in [4.69, 9.17) is 4.74 Å². The number of nitrogens with one attached hydrogen (secondary N) is 1. The summed E-state index contributed by atoms with van der Waals surface area (Å²) in [4.78, 5) is 0. The van der Waals surface area contributed by atoms with Gasteiger partial charge in [0.05, 0.1) is 23.9 Å². The highest BCUT2D eigenvalue weighted by Gasteiger charge is 2.22. The first-order valence-electron chi connectivity index (χ1n) is 6.47. The summed E-state index contributed by atoms with van der Waals surface area (Å²) < 4.78 is 5.47. The molecule has 0 spiro atoms.